The van der Waals surface area contributed by atoms with E-state index < -0.39 is 0 Å². The second-order valence-electron chi connectivity index (χ2n) is 4.59. The van der Waals surface area contributed by atoms with E-state index in [1.807, 2.05) is 13.8 Å². The van der Waals surface area contributed by atoms with Gasteiger partial charge in [-0.3, -0.25) is 9.89 Å². The highest BCUT2D eigenvalue weighted by Gasteiger charge is 2.11. The van der Waals surface area contributed by atoms with Crippen molar-refractivity contribution in [2.24, 2.45) is 0 Å². The predicted molar refractivity (Wildman–Crippen MR) is 76.5 cm³/mol. The maximum absolute atomic E-state index is 12.0. The lowest BCUT2D eigenvalue weighted by Crippen LogP contribution is -2.12. The van der Waals surface area contributed by atoms with Crippen molar-refractivity contribution in [1.82, 2.24) is 10.2 Å². The molecule has 1 heterocycles. The number of halogens is 1. The van der Waals surface area contributed by atoms with E-state index in [2.05, 4.69) is 15.5 Å². The van der Waals surface area contributed by atoms with E-state index in [1.54, 1.807) is 24.3 Å². The molecule has 4 N–H and O–H groups in total. The molecule has 0 atom stereocenters. The molecule has 2 aromatic rings. The molecule has 0 fully saturated rings. The molecule has 0 saturated heterocycles. The summed E-state index contributed by atoms with van der Waals surface area (Å²) in [6.45, 7) is 4.08. The second-order valence-corrected chi connectivity index (χ2v) is 5.03. The number of nitrogen functional groups attached to an aromatic ring is 1. The van der Waals surface area contributed by atoms with Crippen LogP contribution in [0, 0.1) is 0 Å². The van der Waals surface area contributed by atoms with Crippen molar-refractivity contribution in [3.8, 4) is 0 Å². The summed E-state index contributed by atoms with van der Waals surface area (Å²) in [6, 6.07) is 6.51. The Bertz CT molecular complexity index is 586. The van der Waals surface area contributed by atoms with Gasteiger partial charge < -0.3 is 11.1 Å². The summed E-state index contributed by atoms with van der Waals surface area (Å²) < 4.78 is 0. The van der Waals surface area contributed by atoms with Gasteiger partial charge in [0, 0.05) is 28.0 Å². The molecule has 6 heteroatoms. The smallest absolute Gasteiger partial charge is 0.256 e. The Morgan fingerprint density at radius 1 is 1.37 bits per heavy atom. The topological polar surface area (TPSA) is 83.8 Å². The average molecular weight is 279 g/mol. The molecule has 0 aliphatic heterocycles. The maximum Gasteiger partial charge on any atom is 0.256 e. The number of nitrogens with two attached hydrogens (primary N) is 1. The Kier molecular flexibility index (Phi) is 3.76. The molecule has 0 aliphatic rings. The van der Waals surface area contributed by atoms with E-state index in [0.717, 1.165) is 5.69 Å². The van der Waals surface area contributed by atoms with E-state index in [9.17, 15) is 4.79 Å². The van der Waals surface area contributed by atoms with Crippen LogP contribution in [0.4, 0.5) is 11.5 Å². The fourth-order valence-electron chi connectivity index (χ4n) is 1.63. The van der Waals surface area contributed by atoms with Crippen LogP contribution in [-0.4, -0.2) is 16.1 Å². The van der Waals surface area contributed by atoms with Crippen molar-refractivity contribution in [3.05, 3.63) is 40.5 Å². The number of benzene rings is 1. The number of nitrogens with one attached hydrogen (secondary N) is 2. The first-order chi connectivity index (χ1) is 8.95. The predicted octanol–water partition coefficient (Wildman–Crippen LogP) is 3.02. The van der Waals surface area contributed by atoms with Crippen molar-refractivity contribution in [2.45, 2.75) is 19.8 Å². The first kappa shape index (κ1) is 13.4. The molecule has 0 bridgehead atoms. The third-order valence-corrected chi connectivity index (χ3v) is 2.86. The Hall–Kier alpha value is -2.01. The van der Waals surface area contributed by atoms with Gasteiger partial charge in [0.05, 0.1) is 0 Å². The third kappa shape index (κ3) is 3.26. The van der Waals surface area contributed by atoms with Crippen molar-refractivity contribution >= 4 is 29.0 Å². The van der Waals surface area contributed by atoms with Gasteiger partial charge in [0.1, 0.15) is 0 Å². The number of H-pyrrole nitrogens is 1. The van der Waals surface area contributed by atoms with E-state index in [-0.39, 0.29) is 5.91 Å². The van der Waals surface area contributed by atoms with Crippen LogP contribution in [0.1, 0.15) is 35.8 Å². The van der Waals surface area contributed by atoms with Gasteiger partial charge in [0.25, 0.3) is 5.91 Å². The first-order valence-corrected chi connectivity index (χ1v) is 6.26. The molecule has 100 valence electrons. The standard InChI is InChI=1S/C13H15ClN4O/c1-7(2)11-6-12(18-17-11)16-13(19)8-3-9(14)5-10(15)4-8/h3-7H,15H2,1-2H3,(H2,16,17,18,19). The number of carbonyl (C=O) groups is 1. The minimum Gasteiger partial charge on any atom is -0.399 e. The van der Waals surface area contributed by atoms with E-state index in [1.165, 1.54) is 0 Å². The summed E-state index contributed by atoms with van der Waals surface area (Å²) >= 11 is 5.86. The van der Waals surface area contributed by atoms with Gasteiger partial charge in [0.15, 0.2) is 5.82 Å². The van der Waals surface area contributed by atoms with Crippen molar-refractivity contribution in [3.63, 3.8) is 0 Å². The molecule has 0 radical (unpaired) electrons. The Morgan fingerprint density at radius 2 is 2.11 bits per heavy atom. The molecule has 2 rings (SSSR count). The number of aromatic nitrogens is 2. The van der Waals surface area contributed by atoms with Gasteiger partial charge in [0.2, 0.25) is 0 Å². The summed E-state index contributed by atoms with van der Waals surface area (Å²) in [6.07, 6.45) is 0. The summed E-state index contributed by atoms with van der Waals surface area (Å²) in [5.74, 6) is 0.503. The minimum absolute atomic E-state index is 0.295. The average Bonchev–Trinajstić information content (AvgIpc) is 2.76. The fourth-order valence-corrected chi connectivity index (χ4v) is 1.87. The Labute approximate surface area is 116 Å². The number of anilines is 2. The quantitative estimate of drug-likeness (QED) is 0.755. The number of carbonyl (C=O) groups excluding carboxylic acids is 1. The summed E-state index contributed by atoms with van der Waals surface area (Å²) in [5.41, 5.74) is 7.46. The Morgan fingerprint density at radius 3 is 2.68 bits per heavy atom. The molecule has 1 aromatic heterocycles. The highest BCUT2D eigenvalue weighted by atomic mass is 35.5. The molecule has 0 unspecified atom stereocenters. The fraction of sp³-hybridized carbons (Fsp3) is 0.231. The lowest BCUT2D eigenvalue weighted by molar-refractivity contribution is 0.102. The summed E-state index contributed by atoms with van der Waals surface area (Å²) in [5, 5.41) is 10.0. The molecular formula is C13H15ClN4O. The van der Waals surface area contributed by atoms with Crippen LogP contribution in [0.25, 0.3) is 0 Å². The number of nitrogens with zero attached hydrogens (tertiary/aromatic N) is 1. The molecule has 0 spiro atoms. The SMILES string of the molecule is CC(C)c1cc(NC(=O)c2cc(N)cc(Cl)c2)n[nH]1. The van der Waals surface area contributed by atoms with E-state index in [0.29, 0.717) is 28.0 Å². The molecule has 0 saturated carbocycles. The van der Waals surface area contributed by atoms with Gasteiger partial charge in [-0.25, -0.2) is 0 Å². The van der Waals surface area contributed by atoms with E-state index in [4.69, 9.17) is 17.3 Å². The van der Waals surface area contributed by atoms with Gasteiger partial charge >= 0.3 is 0 Å². The van der Waals surface area contributed by atoms with Gasteiger partial charge in [-0.15, -0.1) is 0 Å². The molecule has 1 amide bonds. The minimum atomic E-state index is -0.295. The Balaban J connectivity index is 2.15. The number of hydrogen-bond donors (Lipinski definition) is 3. The molecular weight excluding hydrogens is 264 g/mol. The van der Waals surface area contributed by atoms with Crippen LogP contribution >= 0.6 is 11.6 Å². The van der Waals surface area contributed by atoms with Gasteiger partial charge in [-0.1, -0.05) is 25.4 Å². The maximum atomic E-state index is 12.0. The van der Waals surface area contributed by atoms with Crippen molar-refractivity contribution in [1.29, 1.82) is 0 Å². The van der Waals surface area contributed by atoms with Crippen molar-refractivity contribution < 1.29 is 4.79 Å². The zero-order chi connectivity index (χ0) is 14.0. The van der Waals surface area contributed by atoms with Crippen LogP contribution in [0.3, 0.4) is 0 Å². The van der Waals surface area contributed by atoms with Crippen LogP contribution in [-0.2, 0) is 0 Å². The number of amides is 1. The summed E-state index contributed by atoms with van der Waals surface area (Å²) in [4.78, 5) is 12.0. The monoisotopic (exact) mass is 278 g/mol. The molecule has 19 heavy (non-hydrogen) atoms. The van der Waals surface area contributed by atoms with E-state index >= 15 is 0 Å². The molecule has 0 aliphatic carbocycles. The number of aromatic amines is 1. The zero-order valence-corrected chi connectivity index (χ0v) is 11.5. The normalized spacial score (nSPS) is 10.7. The van der Waals surface area contributed by atoms with Crippen molar-refractivity contribution in [2.75, 3.05) is 11.1 Å². The number of rotatable bonds is 3. The third-order valence-electron chi connectivity index (χ3n) is 2.64. The number of hydrogen-bond acceptors (Lipinski definition) is 3. The van der Waals surface area contributed by atoms with Crippen LogP contribution in [0.5, 0.6) is 0 Å². The van der Waals surface area contributed by atoms with Crippen LogP contribution in [0.2, 0.25) is 5.02 Å². The van der Waals surface area contributed by atoms with Crippen LogP contribution in [0.15, 0.2) is 24.3 Å². The molecule has 5 nitrogen and oxygen atoms in total. The highest BCUT2D eigenvalue weighted by molar-refractivity contribution is 6.31. The first-order valence-electron chi connectivity index (χ1n) is 5.88. The lowest BCUT2D eigenvalue weighted by atomic mass is 10.1. The summed E-state index contributed by atoms with van der Waals surface area (Å²) in [7, 11) is 0. The highest BCUT2D eigenvalue weighted by Crippen LogP contribution is 2.19. The van der Waals surface area contributed by atoms with Crippen LogP contribution < -0.4 is 11.1 Å². The zero-order valence-electron chi connectivity index (χ0n) is 10.7. The van der Waals surface area contributed by atoms with Gasteiger partial charge in [-0.2, -0.15) is 5.10 Å². The lowest BCUT2D eigenvalue weighted by Gasteiger charge is -2.03. The second kappa shape index (κ2) is 5.32. The van der Waals surface area contributed by atoms with Gasteiger partial charge in [-0.05, 0) is 24.1 Å². The largest absolute Gasteiger partial charge is 0.399 e. The molecule has 1 aromatic carbocycles.